The lowest BCUT2D eigenvalue weighted by Crippen LogP contribution is -2.37. The van der Waals surface area contributed by atoms with E-state index in [1.54, 1.807) is 0 Å². The van der Waals surface area contributed by atoms with Crippen molar-refractivity contribution in [3.63, 3.8) is 0 Å². The Balaban J connectivity index is 2.45. The summed E-state index contributed by atoms with van der Waals surface area (Å²) in [5.41, 5.74) is 0.684. The summed E-state index contributed by atoms with van der Waals surface area (Å²) in [6.07, 6.45) is 0. The number of carboxylic acids is 1. The van der Waals surface area contributed by atoms with Crippen molar-refractivity contribution in [2.75, 3.05) is 5.75 Å². The lowest BCUT2D eigenvalue weighted by Gasteiger charge is -2.16. The number of carbonyl (C=O) groups is 1. The normalized spacial score (nSPS) is 14.4. The first-order chi connectivity index (χ1) is 7.42. The first-order valence-corrected chi connectivity index (χ1v) is 6.16. The van der Waals surface area contributed by atoms with E-state index in [0.717, 1.165) is 5.56 Å². The van der Waals surface area contributed by atoms with Gasteiger partial charge in [0.15, 0.2) is 5.60 Å². The van der Waals surface area contributed by atoms with Gasteiger partial charge in [0, 0.05) is 11.5 Å². The second kappa shape index (κ2) is 5.37. The number of thioether (sulfide) groups is 1. The van der Waals surface area contributed by atoms with Gasteiger partial charge < -0.3 is 10.2 Å². The van der Waals surface area contributed by atoms with Gasteiger partial charge in [-0.2, -0.15) is 11.8 Å². The molecule has 1 aromatic carbocycles. The summed E-state index contributed by atoms with van der Waals surface area (Å²) in [6, 6.07) is 8.04. The third kappa shape index (κ3) is 3.87. The summed E-state index contributed by atoms with van der Waals surface area (Å²) < 4.78 is 0. The molecule has 0 bridgehead atoms. The number of hydrogen-bond donors (Lipinski definition) is 2. The van der Waals surface area contributed by atoms with Crippen LogP contribution in [-0.4, -0.2) is 27.5 Å². The van der Waals surface area contributed by atoms with E-state index < -0.39 is 11.6 Å². The topological polar surface area (TPSA) is 57.5 Å². The Kier molecular flexibility index (Phi) is 4.38. The molecule has 0 radical (unpaired) electrons. The molecule has 0 spiro atoms. The van der Waals surface area contributed by atoms with Gasteiger partial charge in [0.05, 0.1) is 0 Å². The Hall–Kier alpha value is -1.00. The van der Waals surface area contributed by atoms with Crippen molar-refractivity contribution in [2.24, 2.45) is 0 Å². The fraction of sp³-hybridized carbons (Fsp3) is 0.417. The van der Waals surface area contributed by atoms with Gasteiger partial charge in [0.2, 0.25) is 0 Å². The van der Waals surface area contributed by atoms with E-state index in [2.05, 4.69) is 6.07 Å². The van der Waals surface area contributed by atoms with E-state index in [1.807, 2.05) is 25.1 Å². The Morgan fingerprint density at radius 3 is 2.75 bits per heavy atom. The van der Waals surface area contributed by atoms with Crippen molar-refractivity contribution in [3.05, 3.63) is 35.4 Å². The summed E-state index contributed by atoms with van der Waals surface area (Å²) >= 11 is 1.42. The van der Waals surface area contributed by atoms with Crippen LogP contribution in [0, 0.1) is 6.92 Å². The second-order valence-electron chi connectivity index (χ2n) is 4.06. The second-order valence-corrected chi connectivity index (χ2v) is 5.05. The maximum atomic E-state index is 10.7. The molecule has 1 unspecified atom stereocenters. The van der Waals surface area contributed by atoms with E-state index in [4.69, 9.17) is 5.11 Å². The van der Waals surface area contributed by atoms with Crippen molar-refractivity contribution in [2.45, 2.75) is 25.2 Å². The number of benzene rings is 1. The maximum Gasteiger partial charge on any atom is 0.336 e. The van der Waals surface area contributed by atoms with E-state index in [1.165, 1.54) is 24.2 Å². The quantitative estimate of drug-likeness (QED) is 0.827. The molecule has 0 aromatic heterocycles. The summed E-state index contributed by atoms with van der Waals surface area (Å²) in [4.78, 5) is 10.7. The Morgan fingerprint density at radius 1 is 1.50 bits per heavy atom. The first-order valence-electron chi connectivity index (χ1n) is 5.01. The molecule has 16 heavy (non-hydrogen) atoms. The van der Waals surface area contributed by atoms with Crippen LogP contribution >= 0.6 is 11.8 Å². The van der Waals surface area contributed by atoms with Gasteiger partial charge >= 0.3 is 5.97 Å². The smallest absolute Gasteiger partial charge is 0.336 e. The molecule has 1 atom stereocenters. The molecule has 0 amide bonds. The van der Waals surface area contributed by atoms with Gasteiger partial charge in [-0.1, -0.05) is 29.8 Å². The third-order valence-electron chi connectivity index (χ3n) is 2.20. The lowest BCUT2D eigenvalue weighted by molar-refractivity contribution is -0.154. The summed E-state index contributed by atoms with van der Waals surface area (Å²) in [7, 11) is 0. The monoisotopic (exact) mass is 240 g/mol. The van der Waals surface area contributed by atoms with Crippen LogP contribution in [-0.2, 0) is 10.5 Å². The Bertz CT molecular complexity index is 374. The summed E-state index contributed by atoms with van der Waals surface area (Å²) in [6.45, 7) is 3.33. The predicted molar refractivity (Wildman–Crippen MR) is 65.6 cm³/mol. The Morgan fingerprint density at radius 2 is 2.19 bits per heavy atom. The van der Waals surface area contributed by atoms with Crippen LogP contribution < -0.4 is 0 Å². The fourth-order valence-electron chi connectivity index (χ4n) is 1.23. The minimum Gasteiger partial charge on any atom is -0.479 e. The van der Waals surface area contributed by atoms with E-state index in [9.17, 15) is 9.90 Å². The van der Waals surface area contributed by atoms with Crippen LogP contribution in [0.3, 0.4) is 0 Å². The molecule has 0 heterocycles. The average molecular weight is 240 g/mol. The van der Waals surface area contributed by atoms with Gasteiger partial charge in [0.1, 0.15) is 0 Å². The van der Waals surface area contributed by atoms with Crippen LogP contribution in [0.2, 0.25) is 0 Å². The molecular weight excluding hydrogens is 224 g/mol. The highest BCUT2D eigenvalue weighted by Gasteiger charge is 2.29. The van der Waals surface area contributed by atoms with Crippen molar-refractivity contribution >= 4 is 17.7 Å². The number of aliphatic carboxylic acids is 1. The van der Waals surface area contributed by atoms with Crippen molar-refractivity contribution < 1.29 is 15.0 Å². The summed E-state index contributed by atoms with van der Waals surface area (Å²) in [5.74, 6) is -0.272. The molecule has 0 aliphatic heterocycles. The number of aliphatic hydroxyl groups is 1. The highest BCUT2D eigenvalue weighted by Crippen LogP contribution is 2.18. The zero-order valence-electron chi connectivity index (χ0n) is 9.43. The van der Waals surface area contributed by atoms with Gasteiger partial charge in [-0.25, -0.2) is 4.79 Å². The van der Waals surface area contributed by atoms with E-state index in [-0.39, 0.29) is 5.75 Å². The molecule has 0 fully saturated rings. The number of hydrogen-bond acceptors (Lipinski definition) is 3. The molecule has 1 rings (SSSR count). The van der Waals surface area contributed by atoms with Gasteiger partial charge in [-0.15, -0.1) is 0 Å². The largest absolute Gasteiger partial charge is 0.479 e. The van der Waals surface area contributed by atoms with Crippen LogP contribution in [0.4, 0.5) is 0 Å². The molecule has 0 aliphatic carbocycles. The van der Waals surface area contributed by atoms with Crippen molar-refractivity contribution in [3.8, 4) is 0 Å². The molecule has 88 valence electrons. The summed E-state index contributed by atoms with van der Waals surface area (Å²) in [5, 5.41) is 18.2. The van der Waals surface area contributed by atoms with Crippen molar-refractivity contribution in [1.82, 2.24) is 0 Å². The number of rotatable bonds is 5. The molecule has 4 heteroatoms. The number of aryl methyl sites for hydroxylation is 1. The van der Waals surface area contributed by atoms with Gasteiger partial charge in [-0.05, 0) is 19.4 Å². The number of carboxylic acid groups (broad SMARTS) is 1. The predicted octanol–water partition coefficient (Wildman–Crippen LogP) is 2.06. The molecule has 0 aliphatic rings. The maximum absolute atomic E-state index is 10.7. The van der Waals surface area contributed by atoms with Crippen LogP contribution in [0.15, 0.2) is 24.3 Å². The van der Waals surface area contributed by atoms with Gasteiger partial charge in [-0.3, -0.25) is 0 Å². The lowest BCUT2D eigenvalue weighted by atomic mass is 10.1. The van der Waals surface area contributed by atoms with Crippen LogP contribution in [0.5, 0.6) is 0 Å². The average Bonchev–Trinajstić information content (AvgIpc) is 2.17. The Labute approximate surface area is 99.5 Å². The minimum atomic E-state index is -1.64. The van der Waals surface area contributed by atoms with Gasteiger partial charge in [0.25, 0.3) is 0 Å². The standard InChI is InChI=1S/C12H16O3S/c1-9-4-3-5-10(6-9)7-16-8-12(2,15)11(13)14/h3-6,15H,7-8H2,1-2H3,(H,13,14). The van der Waals surface area contributed by atoms with E-state index in [0.29, 0.717) is 5.75 Å². The first kappa shape index (κ1) is 13.1. The third-order valence-corrected chi connectivity index (χ3v) is 3.50. The van der Waals surface area contributed by atoms with Crippen LogP contribution in [0.25, 0.3) is 0 Å². The van der Waals surface area contributed by atoms with Crippen molar-refractivity contribution in [1.29, 1.82) is 0 Å². The molecular formula is C12H16O3S. The molecule has 3 nitrogen and oxygen atoms in total. The van der Waals surface area contributed by atoms with Crippen LogP contribution in [0.1, 0.15) is 18.1 Å². The molecule has 2 N–H and O–H groups in total. The highest BCUT2D eigenvalue weighted by molar-refractivity contribution is 7.98. The zero-order chi connectivity index (χ0) is 12.2. The highest BCUT2D eigenvalue weighted by atomic mass is 32.2. The molecule has 0 saturated carbocycles. The fourth-order valence-corrected chi connectivity index (χ4v) is 2.27. The SMILES string of the molecule is Cc1cccc(CSCC(C)(O)C(=O)O)c1. The molecule has 1 aromatic rings. The zero-order valence-corrected chi connectivity index (χ0v) is 10.3. The molecule has 0 saturated heterocycles. The van der Waals surface area contributed by atoms with E-state index >= 15 is 0 Å². The minimum absolute atomic E-state index is 0.191.